The molecule has 154 valence electrons. The maximum absolute atomic E-state index is 14.9. The van der Waals surface area contributed by atoms with Crippen LogP contribution in [-0.2, 0) is 4.84 Å². The Hall–Kier alpha value is -3.01. The molecule has 1 saturated carbocycles. The number of anilines is 1. The van der Waals surface area contributed by atoms with Crippen molar-refractivity contribution in [1.82, 2.24) is 4.57 Å². The predicted octanol–water partition coefficient (Wildman–Crippen LogP) is 1.66. The van der Waals surface area contributed by atoms with Crippen molar-refractivity contribution < 1.29 is 23.5 Å². The normalized spacial score (nSPS) is 24.6. The fourth-order valence-electron chi connectivity index (χ4n) is 3.66. The lowest BCUT2D eigenvalue weighted by Gasteiger charge is -2.43. The van der Waals surface area contributed by atoms with Crippen LogP contribution in [0, 0.1) is 5.82 Å². The minimum atomic E-state index is -1.44. The molecule has 2 heterocycles. The van der Waals surface area contributed by atoms with Gasteiger partial charge in [-0.2, -0.15) is 0 Å². The SMILES string of the molecule is CCO/N=C1/CN(c2cc3c(cc2F)c(=O)c(C(=O)O)cn3[C@@H]2C[C@@H]2F)[C@@H]1CN. The van der Waals surface area contributed by atoms with Crippen LogP contribution in [0.2, 0.25) is 0 Å². The van der Waals surface area contributed by atoms with E-state index in [9.17, 15) is 23.5 Å². The van der Waals surface area contributed by atoms with E-state index in [0.29, 0.717) is 18.9 Å². The Balaban J connectivity index is 1.84. The van der Waals surface area contributed by atoms with Crippen LogP contribution in [0.25, 0.3) is 10.9 Å². The van der Waals surface area contributed by atoms with Gasteiger partial charge < -0.3 is 25.1 Å². The number of carboxylic acid groups (broad SMARTS) is 1. The van der Waals surface area contributed by atoms with Crippen LogP contribution in [-0.4, -0.2) is 53.3 Å². The van der Waals surface area contributed by atoms with Crippen molar-refractivity contribution in [1.29, 1.82) is 0 Å². The van der Waals surface area contributed by atoms with Crippen LogP contribution in [0.4, 0.5) is 14.5 Å². The van der Waals surface area contributed by atoms with E-state index in [4.69, 9.17) is 10.6 Å². The van der Waals surface area contributed by atoms with Gasteiger partial charge in [0.25, 0.3) is 0 Å². The van der Waals surface area contributed by atoms with Crippen LogP contribution in [0.3, 0.4) is 0 Å². The van der Waals surface area contributed by atoms with E-state index in [0.717, 1.165) is 12.3 Å². The van der Waals surface area contributed by atoms with Gasteiger partial charge in [0.2, 0.25) is 5.43 Å². The van der Waals surface area contributed by atoms with E-state index in [1.54, 1.807) is 11.8 Å². The Morgan fingerprint density at radius 3 is 2.76 bits per heavy atom. The number of fused-ring (bicyclic) bond motifs is 1. The summed E-state index contributed by atoms with van der Waals surface area (Å²) in [5.41, 5.74) is 5.64. The highest BCUT2D eigenvalue weighted by molar-refractivity contribution is 6.04. The molecule has 1 saturated heterocycles. The highest BCUT2D eigenvalue weighted by atomic mass is 19.1. The van der Waals surface area contributed by atoms with Gasteiger partial charge in [-0.25, -0.2) is 13.6 Å². The van der Waals surface area contributed by atoms with Crippen molar-refractivity contribution in [2.75, 3.05) is 24.6 Å². The van der Waals surface area contributed by atoms with Gasteiger partial charge in [0.15, 0.2) is 0 Å². The number of carbonyl (C=O) groups is 1. The van der Waals surface area contributed by atoms with E-state index in [1.165, 1.54) is 10.6 Å². The number of benzene rings is 1. The van der Waals surface area contributed by atoms with Crippen molar-refractivity contribution in [3.05, 3.63) is 39.9 Å². The number of alkyl halides is 1. The molecule has 1 aromatic carbocycles. The highest BCUT2D eigenvalue weighted by Crippen LogP contribution is 2.41. The first-order valence-corrected chi connectivity index (χ1v) is 9.28. The van der Waals surface area contributed by atoms with Gasteiger partial charge in [-0.05, 0) is 19.1 Å². The van der Waals surface area contributed by atoms with Crippen LogP contribution >= 0.6 is 0 Å². The summed E-state index contributed by atoms with van der Waals surface area (Å²) in [7, 11) is 0. The highest BCUT2D eigenvalue weighted by Gasteiger charge is 2.41. The van der Waals surface area contributed by atoms with E-state index >= 15 is 0 Å². The fraction of sp³-hybridized carbons (Fsp3) is 0.421. The predicted molar refractivity (Wildman–Crippen MR) is 103 cm³/mol. The Kier molecular flexibility index (Phi) is 4.73. The molecule has 1 aromatic heterocycles. The monoisotopic (exact) mass is 406 g/mol. The molecule has 1 aliphatic heterocycles. The number of carboxylic acids is 1. The molecule has 3 atom stereocenters. The number of hydrogen-bond acceptors (Lipinski definition) is 6. The topological polar surface area (TPSA) is 110 Å². The molecule has 0 amide bonds. The third-order valence-corrected chi connectivity index (χ3v) is 5.31. The van der Waals surface area contributed by atoms with Crippen molar-refractivity contribution >= 4 is 28.3 Å². The van der Waals surface area contributed by atoms with Crippen LogP contribution in [0.15, 0.2) is 28.3 Å². The van der Waals surface area contributed by atoms with Crippen molar-refractivity contribution in [2.24, 2.45) is 10.9 Å². The van der Waals surface area contributed by atoms with E-state index in [-0.39, 0.29) is 35.6 Å². The maximum atomic E-state index is 14.9. The molecule has 8 nitrogen and oxygen atoms in total. The maximum Gasteiger partial charge on any atom is 0.341 e. The molecular weight excluding hydrogens is 386 g/mol. The molecule has 0 radical (unpaired) electrons. The summed E-state index contributed by atoms with van der Waals surface area (Å²) in [6.45, 7) is 2.68. The number of nitrogens with two attached hydrogens (primary N) is 1. The third kappa shape index (κ3) is 3.13. The van der Waals surface area contributed by atoms with Gasteiger partial charge in [0.05, 0.1) is 29.8 Å². The van der Waals surface area contributed by atoms with Gasteiger partial charge in [0.1, 0.15) is 29.9 Å². The summed E-state index contributed by atoms with van der Waals surface area (Å²) < 4.78 is 30.1. The smallest absolute Gasteiger partial charge is 0.341 e. The zero-order valence-corrected chi connectivity index (χ0v) is 15.6. The molecule has 29 heavy (non-hydrogen) atoms. The molecule has 4 rings (SSSR count). The van der Waals surface area contributed by atoms with Gasteiger partial charge >= 0.3 is 5.97 Å². The standard InChI is InChI=1S/C19H20F2N4O4/c1-2-29-23-13-8-25(17(13)6-22)16-5-14-9(3-11(16)20)18(26)10(19(27)28)7-24(14)15-4-12(15)21/h3,5,7,12,15,17H,2,4,6,8,22H2,1H3,(H,27,28)/b23-13-/t12-,15+,17+/m0/s1. The van der Waals surface area contributed by atoms with E-state index in [2.05, 4.69) is 5.16 Å². The Morgan fingerprint density at radius 2 is 2.17 bits per heavy atom. The summed E-state index contributed by atoms with van der Waals surface area (Å²) in [6, 6.07) is 1.52. The molecule has 3 N–H and O–H groups in total. The number of nitrogens with zero attached hydrogens (tertiary/aromatic N) is 3. The molecule has 1 aliphatic carbocycles. The summed E-state index contributed by atoms with van der Waals surface area (Å²) in [6.07, 6.45) is 0.211. The Morgan fingerprint density at radius 1 is 1.45 bits per heavy atom. The van der Waals surface area contributed by atoms with Gasteiger partial charge in [0, 0.05) is 24.5 Å². The first kappa shape index (κ1) is 19.3. The molecule has 0 bridgehead atoms. The molecular formula is C19H20F2N4O4. The van der Waals surface area contributed by atoms with Crippen LogP contribution in [0.1, 0.15) is 29.7 Å². The number of aromatic carboxylic acids is 1. The average Bonchev–Trinajstić information content (AvgIpc) is 3.38. The fourth-order valence-corrected chi connectivity index (χ4v) is 3.66. The van der Waals surface area contributed by atoms with Crippen LogP contribution < -0.4 is 16.1 Å². The van der Waals surface area contributed by atoms with Gasteiger partial charge in [-0.1, -0.05) is 5.16 Å². The zero-order chi connectivity index (χ0) is 20.9. The van der Waals surface area contributed by atoms with Crippen molar-refractivity contribution in [3.8, 4) is 0 Å². The summed E-state index contributed by atoms with van der Waals surface area (Å²) >= 11 is 0. The molecule has 2 fully saturated rings. The Labute approximate surface area is 164 Å². The molecule has 0 spiro atoms. The third-order valence-electron chi connectivity index (χ3n) is 5.31. The lowest BCUT2D eigenvalue weighted by atomic mass is 9.98. The summed E-state index contributed by atoms with van der Waals surface area (Å²) in [4.78, 5) is 30.7. The second-order valence-electron chi connectivity index (χ2n) is 7.10. The lowest BCUT2D eigenvalue weighted by Crippen LogP contribution is -2.61. The molecule has 0 unspecified atom stereocenters. The van der Waals surface area contributed by atoms with Gasteiger partial charge in [-0.3, -0.25) is 4.79 Å². The molecule has 10 heteroatoms. The minimum absolute atomic E-state index is 0.0988. The number of rotatable bonds is 6. The van der Waals surface area contributed by atoms with Gasteiger partial charge in [-0.15, -0.1) is 0 Å². The largest absolute Gasteiger partial charge is 0.477 e. The summed E-state index contributed by atoms with van der Waals surface area (Å²) in [5.74, 6) is -2.13. The first-order valence-electron chi connectivity index (χ1n) is 9.28. The molecule has 2 aliphatic rings. The number of pyridine rings is 1. The number of hydrogen-bond donors (Lipinski definition) is 2. The lowest BCUT2D eigenvalue weighted by molar-refractivity contribution is 0.0694. The molecule has 2 aromatic rings. The quantitative estimate of drug-likeness (QED) is 0.706. The van der Waals surface area contributed by atoms with E-state index in [1.807, 2.05) is 0 Å². The second-order valence-corrected chi connectivity index (χ2v) is 7.10. The van der Waals surface area contributed by atoms with Crippen molar-refractivity contribution in [2.45, 2.75) is 31.6 Å². The number of oxime groups is 1. The summed E-state index contributed by atoms with van der Waals surface area (Å²) in [5, 5.41) is 13.2. The first-order chi connectivity index (χ1) is 13.9. The Bertz CT molecular complexity index is 1080. The van der Waals surface area contributed by atoms with Crippen LogP contribution in [0.5, 0.6) is 0 Å². The average molecular weight is 406 g/mol. The number of aromatic nitrogens is 1. The van der Waals surface area contributed by atoms with Crippen molar-refractivity contribution in [3.63, 3.8) is 0 Å². The minimum Gasteiger partial charge on any atom is -0.477 e. The zero-order valence-electron chi connectivity index (χ0n) is 15.6. The second kappa shape index (κ2) is 7.11. The van der Waals surface area contributed by atoms with E-state index < -0.39 is 35.0 Å². The number of halogens is 2.